The molecule has 0 aliphatic rings. The molecule has 0 aromatic heterocycles. The number of hydrogen-bond donors (Lipinski definition) is 1. The fourth-order valence-electron chi connectivity index (χ4n) is 2.43. The summed E-state index contributed by atoms with van der Waals surface area (Å²) in [5.41, 5.74) is 10.1. The van der Waals surface area contributed by atoms with E-state index in [1.165, 1.54) is 5.56 Å². The summed E-state index contributed by atoms with van der Waals surface area (Å²) in [6.07, 6.45) is 0. The highest BCUT2D eigenvalue weighted by Crippen LogP contribution is 2.31. The van der Waals surface area contributed by atoms with Gasteiger partial charge in [0.1, 0.15) is 5.82 Å². The van der Waals surface area contributed by atoms with E-state index in [-0.39, 0.29) is 17.3 Å². The summed E-state index contributed by atoms with van der Waals surface area (Å²) in [5, 5.41) is 0. The van der Waals surface area contributed by atoms with Crippen LogP contribution in [0.15, 0.2) is 42.5 Å². The minimum absolute atomic E-state index is 0.0114. The first-order valence-corrected chi connectivity index (χ1v) is 6.92. The number of nitrogens with two attached hydrogens (primary N) is 1. The second kappa shape index (κ2) is 5.37. The van der Waals surface area contributed by atoms with E-state index in [1.54, 1.807) is 19.1 Å². The molecule has 2 N–H and O–H groups in total. The molecule has 0 heterocycles. The molecule has 2 heteroatoms. The Balaban J connectivity index is 2.48. The van der Waals surface area contributed by atoms with Gasteiger partial charge < -0.3 is 5.73 Å². The van der Waals surface area contributed by atoms with Crippen molar-refractivity contribution >= 4 is 0 Å². The maximum atomic E-state index is 13.7. The van der Waals surface area contributed by atoms with Crippen LogP contribution in [0, 0.1) is 12.7 Å². The molecule has 0 bridgehead atoms. The van der Waals surface area contributed by atoms with Crippen molar-refractivity contribution < 1.29 is 4.39 Å². The highest BCUT2D eigenvalue weighted by molar-refractivity contribution is 5.41. The third-order valence-corrected chi connectivity index (χ3v) is 3.66. The molecule has 0 spiro atoms. The maximum absolute atomic E-state index is 13.7. The molecular formula is C18H22FN. The topological polar surface area (TPSA) is 26.0 Å². The summed E-state index contributed by atoms with van der Waals surface area (Å²) in [4.78, 5) is 0. The Labute approximate surface area is 120 Å². The van der Waals surface area contributed by atoms with Crippen molar-refractivity contribution in [1.82, 2.24) is 0 Å². The molecule has 0 amide bonds. The predicted octanol–water partition coefficient (Wildman–Crippen LogP) is 4.48. The predicted molar refractivity (Wildman–Crippen MR) is 82.3 cm³/mol. The summed E-state index contributed by atoms with van der Waals surface area (Å²) in [5.74, 6) is -0.203. The summed E-state index contributed by atoms with van der Waals surface area (Å²) in [6, 6.07) is 13.1. The Bertz CT molecular complexity index is 611. The van der Waals surface area contributed by atoms with Gasteiger partial charge in [-0.3, -0.25) is 0 Å². The molecule has 106 valence electrons. The molecule has 0 aliphatic heterocycles. The van der Waals surface area contributed by atoms with Crippen LogP contribution in [0.1, 0.15) is 49.1 Å². The van der Waals surface area contributed by atoms with Crippen molar-refractivity contribution in [3.8, 4) is 0 Å². The van der Waals surface area contributed by atoms with Crippen LogP contribution in [0.2, 0.25) is 0 Å². The Morgan fingerprint density at radius 3 is 2.30 bits per heavy atom. The Kier molecular flexibility index (Phi) is 3.96. The van der Waals surface area contributed by atoms with Crippen LogP contribution in [0.4, 0.5) is 4.39 Å². The normalized spacial score (nSPS) is 13.3. The first-order chi connectivity index (χ1) is 9.30. The fourth-order valence-corrected chi connectivity index (χ4v) is 2.43. The zero-order valence-corrected chi connectivity index (χ0v) is 12.6. The molecule has 0 saturated heterocycles. The van der Waals surface area contributed by atoms with E-state index in [0.717, 1.165) is 11.1 Å². The summed E-state index contributed by atoms with van der Waals surface area (Å²) in [6.45, 7) is 8.24. The minimum atomic E-state index is -0.305. The number of halogens is 1. The third kappa shape index (κ3) is 2.91. The molecular weight excluding hydrogens is 249 g/mol. The molecule has 2 rings (SSSR count). The standard InChI is InChI=1S/C18H22FN/c1-12-9-10-13(11-16(12)19)17(20)14-7-5-6-8-15(14)18(2,3)4/h5-11,17H,20H2,1-4H3. The highest BCUT2D eigenvalue weighted by atomic mass is 19.1. The van der Waals surface area contributed by atoms with Crippen LogP contribution in [-0.2, 0) is 5.41 Å². The van der Waals surface area contributed by atoms with Crippen molar-refractivity contribution in [3.63, 3.8) is 0 Å². The molecule has 2 aromatic rings. The van der Waals surface area contributed by atoms with Crippen LogP contribution < -0.4 is 5.73 Å². The molecule has 1 nitrogen and oxygen atoms in total. The molecule has 20 heavy (non-hydrogen) atoms. The van der Waals surface area contributed by atoms with Gasteiger partial charge in [0.05, 0.1) is 6.04 Å². The maximum Gasteiger partial charge on any atom is 0.126 e. The number of rotatable bonds is 2. The van der Waals surface area contributed by atoms with Crippen LogP contribution in [0.5, 0.6) is 0 Å². The third-order valence-electron chi connectivity index (χ3n) is 3.66. The van der Waals surface area contributed by atoms with Gasteiger partial charge in [0, 0.05) is 0 Å². The lowest BCUT2D eigenvalue weighted by molar-refractivity contribution is 0.576. The first kappa shape index (κ1) is 14.7. The smallest absolute Gasteiger partial charge is 0.126 e. The molecule has 2 aromatic carbocycles. The van der Waals surface area contributed by atoms with Gasteiger partial charge in [-0.2, -0.15) is 0 Å². The van der Waals surface area contributed by atoms with Gasteiger partial charge in [0.25, 0.3) is 0 Å². The van der Waals surface area contributed by atoms with E-state index in [0.29, 0.717) is 5.56 Å². The average Bonchev–Trinajstić information content (AvgIpc) is 2.40. The number of benzene rings is 2. The van der Waals surface area contributed by atoms with E-state index in [1.807, 2.05) is 24.3 Å². The highest BCUT2D eigenvalue weighted by Gasteiger charge is 2.21. The van der Waals surface area contributed by atoms with Gasteiger partial charge in [-0.15, -0.1) is 0 Å². The molecule has 0 saturated carbocycles. The minimum Gasteiger partial charge on any atom is -0.320 e. The van der Waals surface area contributed by atoms with Gasteiger partial charge in [-0.1, -0.05) is 57.2 Å². The quantitative estimate of drug-likeness (QED) is 0.856. The van der Waals surface area contributed by atoms with Gasteiger partial charge in [-0.05, 0) is 40.7 Å². The van der Waals surface area contributed by atoms with Crippen LogP contribution >= 0.6 is 0 Å². The largest absolute Gasteiger partial charge is 0.320 e. The molecule has 0 aliphatic carbocycles. The Hall–Kier alpha value is -1.67. The molecule has 0 fully saturated rings. The summed E-state index contributed by atoms with van der Waals surface area (Å²) >= 11 is 0. The lowest BCUT2D eigenvalue weighted by Crippen LogP contribution is -2.20. The second-order valence-electron chi connectivity index (χ2n) is 6.32. The van der Waals surface area contributed by atoms with Gasteiger partial charge in [-0.25, -0.2) is 4.39 Å². The lowest BCUT2D eigenvalue weighted by atomic mass is 9.81. The van der Waals surface area contributed by atoms with E-state index in [4.69, 9.17) is 5.73 Å². The lowest BCUT2D eigenvalue weighted by Gasteiger charge is -2.26. The van der Waals surface area contributed by atoms with Crippen LogP contribution in [-0.4, -0.2) is 0 Å². The van der Waals surface area contributed by atoms with Crippen molar-refractivity contribution in [2.24, 2.45) is 5.73 Å². The number of aryl methyl sites for hydroxylation is 1. The zero-order chi connectivity index (χ0) is 14.9. The molecule has 0 radical (unpaired) electrons. The van der Waals surface area contributed by atoms with E-state index >= 15 is 0 Å². The van der Waals surface area contributed by atoms with Crippen molar-refractivity contribution in [1.29, 1.82) is 0 Å². The summed E-state index contributed by atoms with van der Waals surface area (Å²) < 4.78 is 13.7. The van der Waals surface area contributed by atoms with E-state index < -0.39 is 0 Å². The Morgan fingerprint density at radius 1 is 1.05 bits per heavy atom. The Morgan fingerprint density at radius 2 is 1.70 bits per heavy atom. The van der Waals surface area contributed by atoms with Crippen molar-refractivity contribution in [3.05, 3.63) is 70.5 Å². The summed E-state index contributed by atoms with van der Waals surface area (Å²) in [7, 11) is 0. The second-order valence-corrected chi connectivity index (χ2v) is 6.32. The van der Waals surface area contributed by atoms with E-state index in [2.05, 4.69) is 26.8 Å². The molecule has 1 atom stereocenters. The average molecular weight is 271 g/mol. The fraction of sp³-hybridized carbons (Fsp3) is 0.333. The first-order valence-electron chi connectivity index (χ1n) is 6.92. The number of hydrogen-bond acceptors (Lipinski definition) is 1. The van der Waals surface area contributed by atoms with Gasteiger partial charge in [0.15, 0.2) is 0 Å². The SMILES string of the molecule is Cc1ccc(C(N)c2ccccc2C(C)(C)C)cc1F. The van der Waals surface area contributed by atoms with Gasteiger partial charge >= 0.3 is 0 Å². The van der Waals surface area contributed by atoms with Crippen molar-refractivity contribution in [2.45, 2.75) is 39.2 Å². The molecule has 1 unspecified atom stereocenters. The van der Waals surface area contributed by atoms with Crippen molar-refractivity contribution in [2.75, 3.05) is 0 Å². The zero-order valence-electron chi connectivity index (χ0n) is 12.6. The van der Waals surface area contributed by atoms with Gasteiger partial charge in [0.2, 0.25) is 0 Å². The van der Waals surface area contributed by atoms with E-state index in [9.17, 15) is 4.39 Å². The monoisotopic (exact) mass is 271 g/mol. The van der Waals surface area contributed by atoms with Crippen LogP contribution in [0.25, 0.3) is 0 Å². The van der Waals surface area contributed by atoms with Crippen LogP contribution in [0.3, 0.4) is 0 Å².